The highest BCUT2D eigenvalue weighted by atomic mass is 16.5. The van der Waals surface area contributed by atoms with Crippen LogP contribution in [0.1, 0.15) is 31.4 Å². The van der Waals surface area contributed by atoms with Crippen LogP contribution in [0.2, 0.25) is 0 Å². The van der Waals surface area contributed by atoms with Crippen molar-refractivity contribution in [2.45, 2.75) is 31.8 Å². The van der Waals surface area contributed by atoms with E-state index >= 15 is 0 Å². The molecular weight excluding hydrogens is 300 g/mol. The molecule has 1 aliphatic carbocycles. The molecule has 2 atom stereocenters. The lowest BCUT2D eigenvalue weighted by Crippen LogP contribution is -2.39. The molecule has 126 valence electrons. The van der Waals surface area contributed by atoms with E-state index in [0.29, 0.717) is 12.0 Å². The molecule has 1 aliphatic rings. The van der Waals surface area contributed by atoms with Crippen molar-refractivity contribution in [3.8, 4) is 5.75 Å². The number of carbonyl (C=O) groups excluding carboxylic acids is 1. The summed E-state index contributed by atoms with van der Waals surface area (Å²) in [7, 11) is 1.62. The minimum Gasteiger partial charge on any atom is -0.497 e. The van der Waals surface area contributed by atoms with Gasteiger partial charge in [-0.05, 0) is 43.4 Å². The molecule has 1 fully saturated rings. The molecule has 0 aromatic heterocycles. The first-order valence-electron chi connectivity index (χ1n) is 8.43. The number of carbonyl (C=O) groups is 1. The van der Waals surface area contributed by atoms with Crippen molar-refractivity contribution in [1.29, 1.82) is 0 Å². The molecule has 4 heteroatoms. The van der Waals surface area contributed by atoms with Crippen LogP contribution in [-0.4, -0.2) is 19.1 Å². The summed E-state index contributed by atoms with van der Waals surface area (Å²) in [4.78, 5) is 12.9. The Bertz CT molecular complexity index is 683. The fourth-order valence-electron chi connectivity index (χ4n) is 2.88. The Morgan fingerprint density at radius 2 is 1.88 bits per heavy atom. The van der Waals surface area contributed by atoms with Gasteiger partial charge in [-0.25, -0.2) is 0 Å². The van der Waals surface area contributed by atoms with Gasteiger partial charge in [0.25, 0.3) is 0 Å². The lowest BCUT2D eigenvalue weighted by atomic mass is 10.0. The van der Waals surface area contributed by atoms with Crippen molar-refractivity contribution in [2.24, 2.45) is 5.92 Å². The van der Waals surface area contributed by atoms with Gasteiger partial charge in [0, 0.05) is 17.8 Å². The van der Waals surface area contributed by atoms with Gasteiger partial charge in [0.15, 0.2) is 0 Å². The number of nitrogens with one attached hydrogen (secondary N) is 2. The summed E-state index contributed by atoms with van der Waals surface area (Å²) in [6.07, 6.45) is 2.49. The Morgan fingerprint density at radius 1 is 1.12 bits per heavy atom. The average molecular weight is 324 g/mol. The SMILES string of the molecule is COc1cccc(NC(=O)C(NC(C)C2CC2)c2ccccc2)c1. The van der Waals surface area contributed by atoms with Crippen LogP contribution in [0.3, 0.4) is 0 Å². The predicted octanol–water partition coefficient (Wildman–Crippen LogP) is 3.76. The van der Waals surface area contributed by atoms with E-state index in [0.717, 1.165) is 17.0 Å². The molecule has 2 unspecified atom stereocenters. The summed E-state index contributed by atoms with van der Waals surface area (Å²) >= 11 is 0. The molecule has 1 saturated carbocycles. The van der Waals surface area contributed by atoms with Gasteiger partial charge in [-0.15, -0.1) is 0 Å². The topological polar surface area (TPSA) is 50.4 Å². The van der Waals surface area contributed by atoms with Crippen molar-refractivity contribution in [2.75, 3.05) is 12.4 Å². The molecule has 2 aromatic rings. The van der Waals surface area contributed by atoms with Crippen molar-refractivity contribution in [3.05, 3.63) is 60.2 Å². The monoisotopic (exact) mass is 324 g/mol. The maximum Gasteiger partial charge on any atom is 0.246 e. The summed E-state index contributed by atoms with van der Waals surface area (Å²) in [5, 5.41) is 6.50. The highest BCUT2D eigenvalue weighted by Crippen LogP contribution is 2.33. The molecule has 2 N–H and O–H groups in total. The zero-order valence-electron chi connectivity index (χ0n) is 14.2. The van der Waals surface area contributed by atoms with Gasteiger partial charge in [-0.2, -0.15) is 0 Å². The standard InChI is InChI=1S/C20H24N2O2/c1-14(15-11-12-15)21-19(16-7-4-3-5-8-16)20(23)22-17-9-6-10-18(13-17)24-2/h3-10,13-15,19,21H,11-12H2,1-2H3,(H,22,23). The van der Waals surface area contributed by atoms with Gasteiger partial charge < -0.3 is 10.1 Å². The lowest BCUT2D eigenvalue weighted by Gasteiger charge is -2.23. The molecule has 2 aromatic carbocycles. The van der Waals surface area contributed by atoms with Crippen molar-refractivity contribution in [3.63, 3.8) is 0 Å². The molecule has 0 bridgehead atoms. The van der Waals surface area contributed by atoms with E-state index in [2.05, 4.69) is 17.6 Å². The molecule has 0 spiro atoms. The number of ether oxygens (including phenoxy) is 1. The number of rotatable bonds is 7. The van der Waals surface area contributed by atoms with Crippen LogP contribution in [0.25, 0.3) is 0 Å². The number of hydrogen-bond donors (Lipinski definition) is 2. The molecule has 0 radical (unpaired) electrons. The Hall–Kier alpha value is -2.33. The minimum atomic E-state index is -0.368. The zero-order chi connectivity index (χ0) is 16.9. The van der Waals surface area contributed by atoms with E-state index < -0.39 is 0 Å². The quantitative estimate of drug-likeness (QED) is 0.815. The highest BCUT2D eigenvalue weighted by molar-refractivity contribution is 5.95. The molecule has 0 saturated heterocycles. The van der Waals surface area contributed by atoms with E-state index in [1.54, 1.807) is 7.11 Å². The fourth-order valence-corrected chi connectivity index (χ4v) is 2.88. The van der Waals surface area contributed by atoms with Crippen LogP contribution in [0, 0.1) is 5.92 Å². The van der Waals surface area contributed by atoms with Crippen molar-refractivity contribution < 1.29 is 9.53 Å². The predicted molar refractivity (Wildman–Crippen MR) is 96.1 cm³/mol. The van der Waals surface area contributed by atoms with Crippen molar-refractivity contribution >= 4 is 11.6 Å². The molecular formula is C20H24N2O2. The molecule has 3 rings (SSSR count). The Morgan fingerprint density at radius 3 is 2.54 bits per heavy atom. The summed E-state index contributed by atoms with van der Waals surface area (Å²) in [6, 6.07) is 17.2. The summed E-state index contributed by atoms with van der Waals surface area (Å²) < 4.78 is 5.22. The number of hydrogen-bond acceptors (Lipinski definition) is 3. The molecule has 1 amide bonds. The molecule has 4 nitrogen and oxygen atoms in total. The van der Waals surface area contributed by atoms with E-state index in [1.165, 1.54) is 12.8 Å². The number of anilines is 1. The van der Waals surface area contributed by atoms with Crippen LogP contribution in [0.4, 0.5) is 5.69 Å². The zero-order valence-corrected chi connectivity index (χ0v) is 14.2. The third-order valence-corrected chi connectivity index (χ3v) is 4.49. The maximum absolute atomic E-state index is 12.9. The molecule has 24 heavy (non-hydrogen) atoms. The smallest absolute Gasteiger partial charge is 0.246 e. The van der Waals surface area contributed by atoms with Crippen molar-refractivity contribution in [1.82, 2.24) is 5.32 Å². The largest absolute Gasteiger partial charge is 0.497 e. The van der Waals surface area contributed by atoms with Gasteiger partial charge in [0.1, 0.15) is 11.8 Å². The van der Waals surface area contributed by atoms with Crippen LogP contribution in [0.5, 0.6) is 5.75 Å². The second-order valence-corrected chi connectivity index (χ2v) is 6.36. The summed E-state index contributed by atoms with van der Waals surface area (Å²) in [5.41, 5.74) is 1.71. The van der Waals surface area contributed by atoms with Crippen LogP contribution in [0.15, 0.2) is 54.6 Å². The van der Waals surface area contributed by atoms with E-state index in [4.69, 9.17) is 4.74 Å². The second-order valence-electron chi connectivity index (χ2n) is 6.36. The second kappa shape index (κ2) is 7.49. The first-order chi connectivity index (χ1) is 11.7. The van der Waals surface area contributed by atoms with Gasteiger partial charge >= 0.3 is 0 Å². The Kier molecular flexibility index (Phi) is 5.16. The third-order valence-electron chi connectivity index (χ3n) is 4.49. The number of methoxy groups -OCH3 is 1. The summed E-state index contributed by atoms with van der Waals surface area (Å²) in [6.45, 7) is 2.16. The normalized spacial score (nSPS) is 16.2. The van der Waals surface area contributed by atoms with Gasteiger partial charge in [-0.3, -0.25) is 10.1 Å². The molecule has 0 heterocycles. The number of amides is 1. The van der Waals surface area contributed by atoms with Gasteiger partial charge in [0.05, 0.1) is 7.11 Å². The Labute approximate surface area is 143 Å². The van der Waals surface area contributed by atoms with Crippen LogP contribution >= 0.6 is 0 Å². The molecule has 0 aliphatic heterocycles. The Balaban J connectivity index is 1.77. The fraction of sp³-hybridized carbons (Fsp3) is 0.350. The highest BCUT2D eigenvalue weighted by Gasteiger charge is 2.31. The lowest BCUT2D eigenvalue weighted by molar-refractivity contribution is -0.118. The van der Waals surface area contributed by atoms with Gasteiger partial charge in [0.2, 0.25) is 5.91 Å². The number of benzene rings is 2. The maximum atomic E-state index is 12.9. The van der Waals surface area contributed by atoms with E-state index in [1.807, 2.05) is 54.6 Å². The van der Waals surface area contributed by atoms with E-state index in [-0.39, 0.29) is 11.9 Å². The summed E-state index contributed by atoms with van der Waals surface area (Å²) in [5.74, 6) is 1.35. The third kappa shape index (κ3) is 4.15. The van der Waals surface area contributed by atoms with E-state index in [9.17, 15) is 4.79 Å². The van der Waals surface area contributed by atoms with Crippen LogP contribution in [-0.2, 0) is 4.79 Å². The van der Waals surface area contributed by atoms with Crippen LogP contribution < -0.4 is 15.4 Å². The van der Waals surface area contributed by atoms with Gasteiger partial charge in [-0.1, -0.05) is 36.4 Å². The minimum absolute atomic E-state index is 0.0537. The first kappa shape index (κ1) is 16.5. The average Bonchev–Trinajstić information content (AvgIpc) is 3.45. The first-order valence-corrected chi connectivity index (χ1v) is 8.43.